The van der Waals surface area contributed by atoms with Crippen LogP contribution in [0.4, 0.5) is 0 Å². The first kappa shape index (κ1) is 16.0. The summed E-state index contributed by atoms with van der Waals surface area (Å²) in [4.78, 5) is 12.7. The molecule has 4 nitrogen and oxygen atoms in total. The van der Waals surface area contributed by atoms with Crippen LogP contribution in [0.2, 0.25) is 0 Å². The van der Waals surface area contributed by atoms with E-state index < -0.39 is 0 Å². The first-order chi connectivity index (χ1) is 11.2. The van der Waals surface area contributed by atoms with Gasteiger partial charge in [0, 0.05) is 31.8 Å². The molecule has 1 N–H and O–H groups in total. The van der Waals surface area contributed by atoms with Crippen LogP contribution in [0.15, 0.2) is 41.7 Å². The van der Waals surface area contributed by atoms with Crippen molar-refractivity contribution in [3.8, 4) is 0 Å². The highest BCUT2D eigenvalue weighted by atomic mass is 16.5. The Morgan fingerprint density at radius 3 is 3.04 bits per heavy atom. The Morgan fingerprint density at radius 1 is 1.43 bits per heavy atom. The maximum atomic E-state index is 12.7. The van der Waals surface area contributed by atoms with Crippen molar-refractivity contribution in [3.63, 3.8) is 0 Å². The third-order valence-electron chi connectivity index (χ3n) is 4.35. The number of benzene rings is 1. The molecule has 1 aromatic heterocycles. The lowest BCUT2D eigenvalue weighted by molar-refractivity contribution is 0.110. The summed E-state index contributed by atoms with van der Waals surface area (Å²) in [6, 6.07) is 8.18. The topological polar surface area (TPSA) is 43.3 Å². The van der Waals surface area contributed by atoms with Crippen LogP contribution in [0, 0.1) is 6.92 Å². The minimum absolute atomic E-state index is 0.0566. The number of fused-ring (bicyclic) bond motifs is 1. The maximum absolute atomic E-state index is 12.7. The lowest BCUT2D eigenvalue weighted by Gasteiger charge is -2.14. The van der Waals surface area contributed by atoms with Gasteiger partial charge >= 0.3 is 0 Å². The summed E-state index contributed by atoms with van der Waals surface area (Å²) in [6.07, 6.45) is 4.29. The maximum Gasteiger partial charge on any atom is 0.255 e. The van der Waals surface area contributed by atoms with Crippen molar-refractivity contribution in [2.45, 2.75) is 39.0 Å². The van der Waals surface area contributed by atoms with Crippen molar-refractivity contribution in [2.75, 3.05) is 13.2 Å². The number of pyridine rings is 1. The van der Waals surface area contributed by atoms with Crippen molar-refractivity contribution in [2.24, 2.45) is 0 Å². The standard InChI is InChI=1S/C19H24N2O2/c1-3-8-21-18-7-6-14(2)10-15(18)11-16(19(21)22)12-20-13-17-5-4-9-23-17/h3,6-7,10-11,17,20H,1,4-5,8-9,12-13H2,2H3. The average Bonchev–Trinajstić information content (AvgIpc) is 3.04. The van der Waals surface area contributed by atoms with Gasteiger partial charge in [-0.05, 0) is 43.4 Å². The quantitative estimate of drug-likeness (QED) is 0.834. The van der Waals surface area contributed by atoms with E-state index in [4.69, 9.17) is 4.74 Å². The zero-order chi connectivity index (χ0) is 16.2. The van der Waals surface area contributed by atoms with Crippen LogP contribution in [0.1, 0.15) is 24.0 Å². The molecule has 1 aliphatic rings. The molecule has 0 amide bonds. The summed E-state index contributed by atoms with van der Waals surface area (Å²) in [7, 11) is 0. The predicted molar refractivity (Wildman–Crippen MR) is 93.8 cm³/mol. The molecule has 0 bridgehead atoms. The number of ether oxygens (including phenoxy) is 1. The summed E-state index contributed by atoms with van der Waals surface area (Å²) in [6.45, 7) is 8.59. The average molecular weight is 312 g/mol. The normalized spacial score (nSPS) is 17.7. The molecule has 1 aromatic carbocycles. The molecule has 1 unspecified atom stereocenters. The van der Waals surface area contributed by atoms with Crippen LogP contribution in [-0.4, -0.2) is 23.8 Å². The van der Waals surface area contributed by atoms with E-state index in [0.29, 0.717) is 13.1 Å². The van der Waals surface area contributed by atoms with Crippen LogP contribution < -0.4 is 10.9 Å². The Morgan fingerprint density at radius 2 is 2.30 bits per heavy atom. The number of aryl methyl sites for hydroxylation is 1. The van der Waals surface area contributed by atoms with E-state index in [2.05, 4.69) is 24.9 Å². The van der Waals surface area contributed by atoms with E-state index in [-0.39, 0.29) is 11.7 Å². The molecule has 1 atom stereocenters. The summed E-state index contributed by atoms with van der Waals surface area (Å²) < 4.78 is 7.41. The zero-order valence-corrected chi connectivity index (χ0v) is 13.7. The Labute approximate surface area is 136 Å². The summed E-state index contributed by atoms with van der Waals surface area (Å²) in [5, 5.41) is 4.47. The van der Waals surface area contributed by atoms with Gasteiger partial charge in [-0.2, -0.15) is 0 Å². The first-order valence-electron chi connectivity index (χ1n) is 8.25. The molecule has 2 heterocycles. The molecule has 1 aliphatic heterocycles. The highest BCUT2D eigenvalue weighted by molar-refractivity contribution is 5.80. The number of nitrogens with one attached hydrogen (secondary N) is 1. The van der Waals surface area contributed by atoms with E-state index in [1.54, 1.807) is 10.6 Å². The van der Waals surface area contributed by atoms with E-state index in [9.17, 15) is 4.79 Å². The Bertz CT molecular complexity index is 758. The van der Waals surface area contributed by atoms with Gasteiger partial charge in [0.2, 0.25) is 0 Å². The minimum Gasteiger partial charge on any atom is -0.377 e. The largest absolute Gasteiger partial charge is 0.377 e. The Hall–Kier alpha value is -1.91. The number of allylic oxidation sites excluding steroid dienone is 1. The van der Waals surface area contributed by atoms with Crippen LogP contribution >= 0.6 is 0 Å². The third kappa shape index (κ3) is 3.54. The van der Waals surface area contributed by atoms with Crippen molar-refractivity contribution in [3.05, 3.63) is 58.4 Å². The summed E-state index contributed by atoms with van der Waals surface area (Å²) >= 11 is 0. The fourth-order valence-corrected chi connectivity index (χ4v) is 3.18. The number of nitrogens with zero attached hydrogens (tertiary/aromatic N) is 1. The molecule has 0 spiro atoms. The van der Waals surface area contributed by atoms with Gasteiger partial charge in [0.05, 0.1) is 11.6 Å². The molecule has 1 fully saturated rings. The molecular formula is C19H24N2O2. The predicted octanol–water partition coefficient (Wildman–Crippen LogP) is 2.76. The van der Waals surface area contributed by atoms with E-state index in [0.717, 1.165) is 42.5 Å². The van der Waals surface area contributed by atoms with Gasteiger partial charge in [-0.3, -0.25) is 4.79 Å². The zero-order valence-electron chi connectivity index (χ0n) is 13.7. The minimum atomic E-state index is 0.0566. The molecule has 122 valence electrons. The fraction of sp³-hybridized carbons (Fsp3) is 0.421. The van der Waals surface area contributed by atoms with Gasteiger partial charge in [-0.15, -0.1) is 6.58 Å². The van der Waals surface area contributed by atoms with E-state index >= 15 is 0 Å². The van der Waals surface area contributed by atoms with Crippen molar-refractivity contribution >= 4 is 10.9 Å². The van der Waals surface area contributed by atoms with Crippen LogP contribution in [0.3, 0.4) is 0 Å². The number of rotatable bonds is 6. The van der Waals surface area contributed by atoms with Crippen LogP contribution in [0.25, 0.3) is 10.9 Å². The monoisotopic (exact) mass is 312 g/mol. The number of aromatic nitrogens is 1. The highest BCUT2D eigenvalue weighted by Gasteiger charge is 2.15. The molecule has 0 saturated carbocycles. The van der Waals surface area contributed by atoms with Crippen molar-refractivity contribution < 1.29 is 4.74 Å². The van der Waals surface area contributed by atoms with Crippen molar-refractivity contribution in [1.29, 1.82) is 0 Å². The third-order valence-corrected chi connectivity index (χ3v) is 4.35. The highest BCUT2D eigenvalue weighted by Crippen LogP contribution is 2.16. The molecule has 0 aliphatic carbocycles. The SMILES string of the molecule is C=CCn1c(=O)c(CNCC2CCCO2)cc2cc(C)ccc21. The number of hydrogen-bond donors (Lipinski definition) is 1. The Kier molecular flexibility index (Phi) is 4.94. The fourth-order valence-electron chi connectivity index (χ4n) is 3.18. The molecule has 23 heavy (non-hydrogen) atoms. The molecule has 2 aromatic rings. The van der Waals surface area contributed by atoms with Gasteiger partial charge in [0.25, 0.3) is 5.56 Å². The second-order valence-corrected chi connectivity index (χ2v) is 6.20. The summed E-state index contributed by atoms with van der Waals surface area (Å²) in [5.41, 5.74) is 3.01. The van der Waals surface area contributed by atoms with Gasteiger partial charge in [0.1, 0.15) is 0 Å². The lowest BCUT2D eigenvalue weighted by Crippen LogP contribution is -2.31. The molecule has 1 saturated heterocycles. The van der Waals surface area contributed by atoms with E-state index in [1.807, 2.05) is 18.2 Å². The van der Waals surface area contributed by atoms with Gasteiger partial charge in [-0.1, -0.05) is 17.7 Å². The molecular weight excluding hydrogens is 288 g/mol. The van der Waals surface area contributed by atoms with Crippen LogP contribution in [-0.2, 0) is 17.8 Å². The smallest absolute Gasteiger partial charge is 0.255 e. The lowest BCUT2D eigenvalue weighted by atomic mass is 10.1. The van der Waals surface area contributed by atoms with Crippen molar-refractivity contribution in [1.82, 2.24) is 9.88 Å². The molecule has 0 radical (unpaired) electrons. The second kappa shape index (κ2) is 7.11. The second-order valence-electron chi connectivity index (χ2n) is 6.20. The summed E-state index contributed by atoms with van der Waals surface area (Å²) in [5.74, 6) is 0. The van der Waals surface area contributed by atoms with Gasteiger partial charge in [0.15, 0.2) is 0 Å². The molecule has 3 rings (SSSR count). The van der Waals surface area contributed by atoms with E-state index in [1.165, 1.54) is 5.56 Å². The van der Waals surface area contributed by atoms with Gasteiger partial charge < -0.3 is 14.6 Å². The first-order valence-corrected chi connectivity index (χ1v) is 8.25. The van der Waals surface area contributed by atoms with Crippen LogP contribution in [0.5, 0.6) is 0 Å². The number of hydrogen-bond acceptors (Lipinski definition) is 3. The molecule has 4 heteroatoms. The van der Waals surface area contributed by atoms with Gasteiger partial charge in [-0.25, -0.2) is 0 Å². The Balaban J connectivity index is 1.87.